The lowest BCUT2D eigenvalue weighted by Crippen LogP contribution is -2.52. The molecule has 0 unspecified atom stereocenters. The van der Waals surface area contributed by atoms with Crippen LogP contribution >= 0.6 is 7.60 Å². The van der Waals surface area contributed by atoms with E-state index in [9.17, 15) is 9.36 Å². The Hall–Kier alpha value is -2.12. The van der Waals surface area contributed by atoms with Gasteiger partial charge in [0.1, 0.15) is 0 Å². The van der Waals surface area contributed by atoms with E-state index in [1.54, 1.807) is 0 Å². The molecule has 1 aliphatic rings. The molecule has 0 spiro atoms. The SMILES string of the molecule is O=C(O)CNCP(=O)(O)O.c1cc[n+]2c(c1)-c1cccc[n+]1CC2. The highest BCUT2D eigenvalue weighted by Gasteiger charge is 2.27. The van der Waals surface area contributed by atoms with Gasteiger partial charge >= 0.3 is 13.6 Å². The standard InChI is InChI=1S/C12H12N2.C3H8NO5P/c1-3-7-13-9-10-14-8-4-2-6-12(14)11(13)5-1;5-3(6)1-4-2-10(7,8)9/h1-8H,9-10H2;4H,1-2H2,(H,5,6)(H2,7,8,9)/q+2;. The number of hydrogen-bond donors (Lipinski definition) is 4. The minimum Gasteiger partial charge on any atom is -0.480 e. The molecule has 24 heavy (non-hydrogen) atoms. The van der Waals surface area contributed by atoms with Crippen LogP contribution in [0.25, 0.3) is 11.4 Å². The Morgan fingerprint density at radius 3 is 1.96 bits per heavy atom. The van der Waals surface area contributed by atoms with Crippen molar-refractivity contribution < 1.29 is 33.4 Å². The van der Waals surface area contributed by atoms with E-state index in [1.165, 1.54) is 11.4 Å². The normalized spacial score (nSPS) is 12.4. The zero-order valence-corrected chi connectivity index (χ0v) is 13.8. The maximum absolute atomic E-state index is 10.1. The molecule has 8 nitrogen and oxygen atoms in total. The van der Waals surface area contributed by atoms with Crippen molar-refractivity contribution in [3.05, 3.63) is 48.8 Å². The van der Waals surface area contributed by atoms with Crippen molar-refractivity contribution >= 4 is 13.6 Å². The monoisotopic (exact) mass is 353 g/mol. The first-order valence-corrected chi connectivity index (χ1v) is 9.11. The topological polar surface area (TPSA) is 115 Å². The summed E-state index contributed by atoms with van der Waals surface area (Å²) in [7, 11) is -4.10. The molecule has 2 aromatic rings. The molecular weight excluding hydrogens is 333 g/mol. The van der Waals surface area contributed by atoms with E-state index in [-0.39, 0.29) is 0 Å². The second-order valence-corrected chi connectivity index (χ2v) is 6.85. The first-order chi connectivity index (χ1) is 11.4. The number of nitrogens with zero attached hydrogens (tertiary/aromatic N) is 2. The van der Waals surface area contributed by atoms with E-state index in [0.717, 1.165) is 13.1 Å². The van der Waals surface area contributed by atoms with Crippen LogP contribution in [0.5, 0.6) is 0 Å². The first-order valence-electron chi connectivity index (χ1n) is 7.31. The molecule has 0 fully saturated rings. The van der Waals surface area contributed by atoms with Gasteiger partial charge in [0.2, 0.25) is 13.1 Å². The molecule has 2 aromatic heterocycles. The van der Waals surface area contributed by atoms with Crippen LogP contribution in [0.3, 0.4) is 0 Å². The van der Waals surface area contributed by atoms with Crippen LogP contribution in [0.15, 0.2) is 48.8 Å². The maximum atomic E-state index is 10.1. The minimum absolute atomic E-state index is 0.439. The largest absolute Gasteiger partial charge is 0.480 e. The summed E-state index contributed by atoms with van der Waals surface area (Å²) in [5.41, 5.74) is 2.61. The van der Waals surface area contributed by atoms with E-state index < -0.39 is 26.4 Å². The fourth-order valence-electron chi connectivity index (χ4n) is 2.33. The van der Waals surface area contributed by atoms with Crippen molar-refractivity contribution in [3.8, 4) is 11.4 Å². The number of fused-ring (bicyclic) bond motifs is 3. The highest BCUT2D eigenvalue weighted by atomic mass is 31.2. The van der Waals surface area contributed by atoms with Gasteiger partial charge in [-0.15, -0.1) is 0 Å². The molecule has 0 bridgehead atoms. The summed E-state index contributed by atoms with van der Waals surface area (Å²) in [6.07, 6.45) is 3.69. The number of carboxylic acids is 1. The Bertz CT molecular complexity index is 717. The fraction of sp³-hybridized carbons (Fsp3) is 0.267. The summed E-state index contributed by atoms with van der Waals surface area (Å²) < 4.78 is 14.7. The third-order valence-electron chi connectivity index (χ3n) is 3.32. The van der Waals surface area contributed by atoms with Gasteiger partial charge in [0.25, 0.3) is 11.4 Å². The lowest BCUT2D eigenvalue weighted by Gasteiger charge is -2.08. The Labute approximate surface area is 139 Å². The second-order valence-electron chi connectivity index (χ2n) is 5.20. The number of aliphatic carboxylic acids is 1. The molecule has 128 valence electrons. The zero-order valence-electron chi connectivity index (χ0n) is 12.9. The van der Waals surface area contributed by atoms with Crippen molar-refractivity contribution in [1.29, 1.82) is 0 Å². The average molecular weight is 353 g/mol. The fourth-order valence-corrected chi connectivity index (χ4v) is 2.73. The number of hydrogen-bond acceptors (Lipinski definition) is 3. The molecule has 0 aromatic carbocycles. The van der Waals surface area contributed by atoms with Crippen LogP contribution in [0.2, 0.25) is 0 Å². The zero-order chi connectivity index (χ0) is 17.6. The van der Waals surface area contributed by atoms with Crippen LogP contribution in [0.4, 0.5) is 0 Å². The second kappa shape index (κ2) is 8.12. The van der Waals surface area contributed by atoms with Crippen molar-refractivity contribution in [2.24, 2.45) is 0 Å². The van der Waals surface area contributed by atoms with Crippen molar-refractivity contribution in [2.75, 3.05) is 12.8 Å². The lowest BCUT2D eigenvalue weighted by atomic mass is 10.2. The number of nitrogens with one attached hydrogen (secondary N) is 1. The van der Waals surface area contributed by atoms with Gasteiger partial charge in [-0.1, -0.05) is 0 Å². The van der Waals surface area contributed by atoms with E-state index in [1.807, 2.05) is 0 Å². The van der Waals surface area contributed by atoms with Crippen molar-refractivity contribution in [1.82, 2.24) is 5.32 Å². The number of rotatable bonds is 4. The summed E-state index contributed by atoms with van der Waals surface area (Å²) >= 11 is 0. The van der Waals surface area contributed by atoms with Gasteiger partial charge in [0, 0.05) is 24.3 Å². The molecule has 0 amide bonds. The van der Waals surface area contributed by atoms with Gasteiger partial charge in [0.15, 0.2) is 12.4 Å². The van der Waals surface area contributed by atoms with Crippen LogP contribution in [0.1, 0.15) is 0 Å². The molecule has 0 aliphatic carbocycles. The summed E-state index contributed by atoms with van der Waals surface area (Å²) in [5, 5.41) is 10.1. The number of pyridine rings is 2. The quantitative estimate of drug-likeness (QED) is 0.445. The Morgan fingerprint density at radius 1 is 1.04 bits per heavy atom. The van der Waals surface area contributed by atoms with E-state index in [4.69, 9.17) is 14.9 Å². The van der Waals surface area contributed by atoms with Crippen LogP contribution < -0.4 is 14.5 Å². The molecular formula is C15H20N3O5P+2. The predicted octanol–water partition coefficient (Wildman–Crippen LogP) is -0.262. The minimum atomic E-state index is -4.10. The van der Waals surface area contributed by atoms with Crippen molar-refractivity contribution in [2.45, 2.75) is 13.1 Å². The lowest BCUT2D eigenvalue weighted by molar-refractivity contribution is -0.794. The highest BCUT2D eigenvalue weighted by molar-refractivity contribution is 7.51. The molecule has 3 rings (SSSR count). The van der Waals surface area contributed by atoms with Crippen molar-refractivity contribution in [3.63, 3.8) is 0 Å². The molecule has 9 heteroatoms. The molecule has 0 atom stereocenters. The van der Waals surface area contributed by atoms with Gasteiger partial charge in [-0.2, -0.15) is 9.13 Å². The predicted molar refractivity (Wildman–Crippen MR) is 84.8 cm³/mol. The summed E-state index contributed by atoms with van der Waals surface area (Å²) in [4.78, 5) is 26.1. The molecule has 1 aliphatic heterocycles. The van der Waals surface area contributed by atoms with E-state index in [0.29, 0.717) is 0 Å². The number of carbonyl (C=O) groups is 1. The number of aryl methyl sites for hydroxylation is 2. The van der Waals surface area contributed by atoms with Crippen LogP contribution in [-0.4, -0.2) is 33.7 Å². The van der Waals surface area contributed by atoms with Crippen LogP contribution in [0, 0.1) is 0 Å². The van der Waals surface area contributed by atoms with Gasteiger partial charge in [-0.05, 0) is 12.1 Å². The summed E-state index contributed by atoms with van der Waals surface area (Å²) in [6.45, 7) is 1.70. The molecule has 0 radical (unpaired) electrons. The molecule has 0 saturated heterocycles. The van der Waals surface area contributed by atoms with Gasteiger partial charge in [0.05, 0.1) is 12.8 Å². The van der Waals surface area contributed by atoms with Crippen LogP contribution in [-0.2, 0) is 22.4 Å². The third kappa shape index (κ3) is 5.50. The third-order valence-corrected chi connectivity index (χ3v) is 3.96. The van der Waals surface area contributed by atoms with E-state index in [2.05, 4.69) is 63.2 Å². The molecule has 0 saturated carbocycles. The Morgan fingerprint density at radius 2 is 1.54 bits per heavy atom. The van der Waals surface area contributed by atoms with Gasteiger partial charge < -0.3 is 14.9 Å². The number of carboxylic acid groups (broad SMARTS) is 1. The molecule has 4 N–H and O–H groups in total. The molecule has 3 heterocycles. The maximum Gasteiger partial charge on any atom is 0.339 e. The Kier molecular flexibility index (Phi) is 6.16. The van der Waals surface area contributed by atoms with Gasteiger partial charge in [-0.3, -0.25) is 14.7 Å². The first kappa shape index (κ1) is 18.2. The summed E-state index contributed by atoms with van der Waals surface area (Å²) in [6, 6.07) is 12.7. The van der Waals surface area contributed by atoms with E-state index >= 15 is 0 Å². The Balaban J connectivity index is 0.000000187. The summed E-state index contributed by atoms with van der Waals surface area (Å²) in [5.74, 6) is -1.14. The average Bonchev–Trinajstić information content (AvgIpc) is 2.54. The highest BCUT2D eigenvalue weighted by Crippen LogP contribution is 2.31. The smallest absolute Gasteiger partial charge is 0.339 e. The number of aromatic nitrogens is 2. The van der Waals surface area contributed by atoms with Gasteiger partial charge in [-0.25, -0.2) is 0 Å².